The lowest BCUT2D eigenvalue weighted by Crippen LogP contribution is -2.57. The van der Waals surface area contributed by atoms with Crippen LogP contribution in [0, 0.1) is 5.92 Å². The maximum atomic E-state index is 12.4. The van der Waals surface area contributed by atoms with Crippen LogP contribution in [0.1, 0.15) is 12.8 Å². The Labute approximate surface area is 143 Å². The number of rotatable bonds is 3. The van der Waals surface area contributed by atoms with Crippen LogP contribution in [0.3, 0.4) is 0 Å². The molecule has 24 heavy (non-hydrogen) atoms. The minimum atomic E-state index is -0.250. The number of ether oxygens (including phenoxy) is 2. The van der Waals surface area contributed by atoms with Gasteiger partial charge in [-0.3, -0.25) is 14.5 Å². The first kappa shape index (κ1) is 19.1. The number of nitrogens with one attached hydrogen (secondary N) is 1. The zero-order valence-corrected chi connectivity index (χ0v) is 14.4. The van der Waals surface area contributed by atoms with E-state index in [-0.39, 0.29) is 24.3 Å². The molecule has 8 heteroatoms. The highest BCUT2D eigenvalue weighted by Gasteiger charge is 2.36. The Kier molecular flexibility index (Phi) is 7.90. The number of nitrogens with zero attached hydrogens (tertiary/aromatic N) is 2. The monoisotopic (exact) mass is 343 g/mol. The number of carboxylic acid groups (broad SMARTS) is 1. The number of piperazine rings is 1. The van der Waals surface area contributed by atoms with Crippen LogP contribution in [0.4, 0.5) is 0 Å². The first-order valence-electron chi connectivity index (χ1n) is 8.62. The van der Waals surface area contributed by atoms with Gasteiger partial charge in [-0.15, -0.1) is 0 Å². The van der Waals surface area contributed by atoms with E-state index in [0.29, 0.717) is 25.9 Å². The van der Waals surface area contributed by atoms with Crippen LogP contribution in [0.2, 0.25) is 0 Å². The largest absolute Gasteiger partial charge is 0.483 e. The van der Waals surface area contributed by atoms with Gasteiger partial charge in [-0.2, -0.15) is 0 Å². The van der Waals surface area contributed by atoms with Gasteiger partial charge in [0.15, 0.2) is 0 Å². The molecule has 3 saturated heterocycles. The average Bonchev–Trinajstić information content (AvgIpc) is 3.05. The Hall–Kier alpha value is -1.22. The fourth-order valence-electron chi connectivity index (χ4n) is 3.45. The van der Waals surface area contributed by atoms with E-state index in [2.05, 4.69) is 22.2 Å². The number of carbonyl (C=O) groups excluding carboxylic acids is 1. The second-order valence-corrected chi connectivity index (χ2v) is 6.55. The summed E-state index contributed by atoms with van der Waals surface area (Å²) in [5.74, 6) is 0.306. The molecule has 3 fully saturated rings. The SMILES string of the molecule is CN1CCN([C@H]2COC[C@@H]2NC(=O)C2CCOCC2)CC1.O=CO. The van der Waals surface area contributed by atoms with Crippen LogP contribution in [0.5, 0.6) is 0 Å². The predicted molar refractivity (Wildman–Crippen MR) is 87.8 cm³/mol. The van der Waals surface area contributed by atoms with Crippen molar-refractivity contribution in [1.82, 2.24) is 15.1 Å². The summed E-state index contributed by atoms with van der Waals surface area (Å²) in [6.07, 6.45) is 1.69. The summed E-state index contributed by atoms with van der Waals surface area (Å²) in [5, 5.41) is 10.1. The quantitative estimate of drug-likeness (QED) is 0.651. The van der Waals surface area contributed by atoms with Crippen LogP contribution in [0.25, 0.3) is 0 Å². The second kappa shape index (κ2) is 9.93. The molecule has 0 aromatic carbocycles. The first-order valence-corrected chi connectivity index (χ1v) is 8.62. The molecule has 8 nitrogen and oxygen atoms in total. The summed E-state index contributed by atoms with van der Waals surface area (Å²) >= 11 is 0. The molecule has 0 aromatic heterocycles. The summed E-state index contributed by atoms with van der Waals surface area (Å²) < 4.78 is 11.0. The molecule has 0 spiro atoms. The molecule has 1 amide bonds. The minimum Gasteiger partial charge on any atom is -0.483 e. The lowest BCUT2D eigenvalue weighted by Gasteiger charge is -2.38. The highest BCUT2D eigenvalue weighted by Crippen LogP contribution is 2.19. The molecule has 2 atom stereocenters. The Morgan fingerprint density at radius 1 is 1.12 bits per heavy atom. The van der Waals surface area contributed by atoms with Crippen molar-refractivity contribution in [2.45, 2.75) is 24.9 Å². The van der Waals surface area contributed by atoms with E-state index in [1.54, 1.807) is 0 Å². The van der Waals surface area contributed by atoms with Crippen LogP contribution >= 0.6 is 0 Å². The Bertz CT molecular complexity index is 395. The van der Waals surface area contributed by atoms with Crippen LogP contribution in [-0.2, 0) is 19.1 Å². The lowest BCUT2D eigenvalue weighted by molar-refractivity contribution is -0.129. The Balaban J connectivity index is 0.000000647. The van der Waals surface area contributed by atoms with Crippen LogP contribution < -0.4 is 5.32 Å². The molecule has 3 aliphatic rings. The summed E-state index contributed by atoms with van der Waals surface area (Å²) in [4.78, 5) is 25.6. The van der Waals surface area contributed by atoms with Crippen molar-refractivity contribution in [1.29, 1.82) is 0 Å². The van der Waals surface area contributed by atoms with E-state index in [4.69, 9.17) is 19.4 Å². The van der Waals surface area contributed by atoms with Gasteiger partial charge in [-0.25, -0.2) is 0 Å². The lowest BCUT2D eigenvalue weighted by atomic mass is 9.98. The molecular formula is C16H29N3O5. The Morgan fingerprint density at radius 2 is 1.75 bits per heavy atom. The smallest absolute Gasteiger partial charge is 0.290 e. The molecular weight excluding hydrogens is 314 g/mol. The van der Waals surface area contributed by atoms with Crippen molar-refractivity contribution >= 4 is 12.4 Å². The summed E-state index contributed by atoms with van der Waals surface area (Å²) in [7, 11) is 2.16. The van der Waals surface area contributed by atoms with Gasteiger partial charge in [0.05, 0.1) is 25.3 Å². The average molecular weight is 343 g/mol. The Morgan fingerprint density at radius 3 is 2.38 bits per heavy atom. The minimum absolute atomic E-state index is 0.118. The van der Waals surface area contributed by atoms with E-state index >= 15 is 0 Å². The van der Waals surface area contributed by atoms with Gasteiger partial charge < -0.3 is 24.8 Å². The van der Waals surface area contributed by atoms with Gasteiger partial charge in [-0.05, 0) is 19.9 Å². The van der Waals surface area contributed by atoms with E-state index in [1.165, 1.54) is 0 Å². The van der Waals surface area contributed by atoms with Gasteiger partial charge in [0, 0.05) is 45.3 Å². The third kappa shape index (κ3) is 5.41. The summed E-state index contributed by atoms with van der Waals surface area (Å²) in [6.45, 7) is 6.87. The molecule has 138 valence electrons. The van der Waals surface area contributed by atoms with Crippen LogP contribution in [0.15, 0.2) is 0 Å². The van der Waals surface area contributed by atoms with E-state index in [0.717, 1.165) is 45.6 Å². The number of hydrogen-bond donors (Lipinski definition) is 2. The highest BCUT2D eigenvalue weighted by atomic mass is 16.5. The maximum absolute atomic E-state index is 12.4. The predicted octanol–water partition coefficient (Wildman–Crippen LogP) is -0.755. The molecule has 3 aliphatic heterocycles. The van der Waals surface area contributed by atoms with E-state index in [9.17, 15) is 4.79 Å². The molecule has 2 N–H and O–H groups in total. The molecule has 0 bridgehead atoms. The van der Waals surface area contributed by atoms with Gasteiger partial charge >= 0.3 is 0 Å². The summed E-state index contributed by atoms with van der Waals surface area (Å²) in [6, 6.07) is 0.478. The van der Waals surface area contributed by atoms with Crippen molar-refractivity contribution in [2.75, 3.05) is 59.7 Å². The van der Waals surface area contributed by atoms with Crippen molar-refractivity contribution in [3.05, 3.63) is 0 Å². The van der Waals surface area contributed by atoms with Crippen molar-refractivity contribution in [3.63, 3.8) is 0 Å². The maximum Gasteiger partial charge on any atom is 0.290 e. The molecule has 0 aromatic rings. The highest BCUT2D eigenvalue weighted by molar-refractivity contribution is 5.79. The molecule has 0 unspecified atom stereocenters. The van der Waals surface area contributed by atoms with Gasteiger partial charge in [0.25, 0.3) is 6.47 Å². The third-order valence-electron chi connectivity index (χ3n) is 4.98. The van der Waals surface area contributed by atoms with Crippen molar-refractivity contribution in [2.24, 2.45) is 5.92 Å². The molecule has 3 rings (SSSR count). The number of amides is 1. The molecule has 3 heterocycles. The van der Waals surface area contributed by atoms with Crippen molar-refractivity contribution < 1.29 is 24.2 Å². The van der Waals surface area contributed by atoms with Gasteiger partial charge in [-0.1, -0.05) is 0 Å². The number of likely N-dealkylation sites (N-methyl/N-ethyl adjacent to an activating group) is 1. The first-order chi connectivity index (χ1) is 11.7. The fourth-order valence-corrected chi connectivity index (χ4v) is 3.45. The van der Waals surface area contributed by atoms with Crippen molar-refractivity contribution in [3.8, 4) is 0 Å². The zero-order chi connectivity index (χ0) is 17.4. The summed E-state index contributed by atoms with van der Waals surface area (Å²) in [5.41, 5.74) is 0. The van der Waals surface area contributed by atoms with Gasteiger partial charge in [0.1, 0.15) is 0 Å². The second-order valence-electron chi connectivity index (χ2n) is 6.55. The fraction of sp³-hybridized carbons (Fsp3) is 0.875. The van der Waals surface area contributed by atoms with Crippen LogP contribution in [-0.4, -0.2) is 99.0 Å². The molecule has 0 aliphatic carbocycles. The topological polar surface area (TPSA) is 91.3 Å². The standard InChI is InChI=1S/C15H27N3O3.CH2O2/c1-17-4-6-18(7-5-17)14-11-21-10-13(14)16-15(19)12-2-8-20-9-3-12;2-1-3/h12-14H,2-11H2,1H3,(H,16,19);1H,(H,2,3)/t13-,14-;/m0./s1. The number of hydrogen-bond acceptors (Lipinski definition) is 6. The molecule has 0 radical (unpaired) electrons. The van der Waals surface area contributed by atoms with E-state index < -0.39 is 0 Å². The van der Waals surface area contributed by atoms with Gasteiger partial charge in [0.2, 0.25) is 5.91 Å². The molecule has 0 saturated carbocycles. The van der Waals surface area contributed by atoms with E-state index in [1.807, 2.05) is 0 Å². The normalized spacial score (nSPS) is 29.5. The third-order valence-corrected chi connectivity index (χ3v) is 4.98. The number of carbonyl (C=O) groups is 2. The zero-order valence-electron chi connectivity index (χ0n) is 14.4.